The number of nitrogens with two attached hydrogens (primary N) is 1. The number of nitrogens with zero attached hydrogens (tertiary/aromatic N) is 3. The summed E-state index contributed by atoms with van der Waals surface area (Å²) in [6, 6.07) is 0.451. The van der Waals surface area contributed by atoms with Gasteiger partial charge >= 0.3 is 0 Å². The SMILES string of the molecule is CC1CN2CCCCC2CN1S(=O)(=O)N(C)CCCN. The summed E-state index contributed by atoms with van der Waals surface area (Å²) < 4.78 is 28.5. The molecule has 0 aromatic rings. The average molecular weight is 304 g/mol. The molecule has 6 nitrogen and oxygen atoms in total. The Morgan fingerprint density at radius 3 is 2.75 bits per heavy atom. The summed E-state index contributed by atoms with van der Waals surface area (Å²) in [5.74, 6) is 0. The number of piperidine rings is 1. The van der Waals surface area contributed by atoms with Gasteiger partial charge in [-0.15, -0.1) is 0 Å². The molecule has 2 aliphatic heterocycles. The zero-order valence-corrected chi connectivity index (χ0v) is 13.5. The van der Waals surface area contributed by atoms with Crippen LogP contribution in [-0.4, -0.2) is 73.8 Å². The van der Waals surface area contributed by atoms with Crippen LogP contribution in [0.15, 0.2) is 0 Å². The summed E-state index contributed by atoms with van der Waals surface area (Å²) in [4.78, 5) is 2.46. The van der Waals surface area contributed by atoms with Gasteiger partial charge in [0.25, 0.3) is 10.2 Å². The van der Waals surface area contributed by atoms with Crippen molar-refractivity contribution >= 4 is 10.2 Å². The molecule has 2 rings (SSSR count). The van der Waals surface area contributed by atoms with E-state index in [1.54, 1.807) is 11.4 Å². The minimum Gasteiger partial charge on any atom is -0.330 e. The fourth-order valence-corrected chi connectivity index (χ4v) is 4.85. The van der Waals surface area contributed by atoms with Crippen LogP contribution in [0.3, 0.4) is 0 Å². The van der Waals surface area contributed by atoms with Gasteiger partial charge in [0, 0.05) is 38.8 Å². The first-order chi connectivity index (χ1) is 9.46. The van der Waals surface area contributed by atoms with E-state index in [9.17, 15) is 8.42 Å². The average Bonchev–Trinajstić information content (AvgIpc) is 2.43. The second-order valence-electron chi connectivity index (χ2n) is 6.03. The van der Waals surface area contributed by atoms with Crippen LogP contribution in [0.1, 0.15) is 32.6 Å². The highest BCUT2D eigenvalue weighted by molar-refractivity contribution is 7.86. The number of hydrogen-bond donors (Lipinski definition) is 1. The highest BCUT2D eigenvalue weighted by Crippen LogP contribution is 2.26. The first kappa shape index (κ1) is 16.2. The third-order valence-corrected chi connectivity index (χ3v) is 6.57. The molecule has 20 heavy (non-hydrogen) atoms. The largest absolute Gasteiger partial charge is 0.330 e. The van der Waals surface area contributed by atoms with Crippen molar-refractivity contribution in [2.24, 2.45) is 5.73 Å². The molecule has 0 bridgehead atoms. The van der Waals surface area contributed by atoms with Gasteiger partial charge in [0.1, 0.15) is 0 Å². The Morgan fingerprint density at radius 2 is 2.05 bits per heavy atom. The van der Waals surface area contributed by atoms with Gasteiger partial charge in [-0.2, -0.15) is 17.0 Å². The summed E-state index contributed by atoms with van der Waals surface area (Å²) in [5.41, 5.74) is 5.47. The van der Waals surface area contributed by atoms with Gasteiger partial charge in [-0.05, 0) is 39.3 Å². The van der Waals surface area contributed by atoms with E-state index in [1.165, 1.54) is 17.1 Å². The molecule has 2 saturated heterocycles. The molecule has 0 radical (unpaired) electrons. The van der Waals surface area contributed by atoms with Crippen LogP contribution in [0.4, 0.5) is 0 Å². The Labute approximate surface area is 123 Å². The molecule has 0 amide bonds. The Morgan fingerprint density at radius 1 is 1.30 bits per heavy atom. The maximum atomic E-state index is 12.7. The predicted molar refractivity (Wildman–Crippen MR) is 80.6 cm³/mol. The lowest BCUT2D eigenvalue weighted by molar-refractivity contribution is 0.0537. The van der Waals surface area contributed by atoms with Gasteiger partial charge in [0.05, 0.1) is 0 Å². The lowest BCUT2D eigenvalue weighted by Crippen LogP contribution is -2.61. The van der Waals surface area contributed by atoms with Crippen LogP contribution in [-0.2, 0) is 10.2 Å². The van der Waals surface area contributed by atoms with E-state index in [0.717, 1.165) is 19.5 Å². The fourth-order valence-electron chi connectivity index (χ4n) is 3.26. The third-order valence-electron chi connectivity index (χ3n) is 4.50. The molecule has 0 aliphatic carbocycles. The van der Waals surface area contributed by atoms with Gasteiger partial charge in [0.2, 0.25) is 0 Å². The second kappa shape index (κ2) is 6.70. The molecule has 0 saturated carbocycles. The molecule has 0 aromatic carbocycles. The minimum atomic E-state index is -3.35. The van der Waals surface area contributed by atoms with Gasteiger partial charge in [0.15, 0.2) is 0 Å². The topological polar surface area (TPSA) is 69.9 Å². The number of fused-ring (bicyclic) bond motifs is 1. The van der Waals surface area contributed by atoms with Crippen LogP contribution < -0.4 is 5.73 Å². The molecule has 2 aliphatic rings. The molecule has 2 atom stereocenters. The summed E-state index contributed by atoms with van der Waals surface area (Å²) >= 11 is 0. The number of hydrogen-bond acceptors (Lipinski definition) is 4. The molecule has 7 heteroatoms. The van der Waals surface area contributed by atoms with Crippen LogP contribution in [0.2, 0.25) is 0 Å². The zero-order chi connectivity index (χ0) is 14.8. The Hall–Kier alpha value is -0.210. The maximum Gasteiger partial charge on any atom is 0.282 e. The van der Waals surface area contributed by atoms with E-state index in [-0.39, 0.29) is 6.04 Å². The minimum absolute atomic E-state index is 0.0506. The second-order valence-corrected chi connectivity index (χ2v) is 8.02. The normalized spacial score (nSPS) is 29.6. The zero-order valence-electron chi connectivity index (χ0n) is 12.7. The summed E-state index contributed by atoms with van der Waals surface area (Å²) in [6.07, 6.45) is 4.28. The van der Waals surface area contributed by atoms with Crippen molar-refractivity contribution in [1.82, 2.24) is 13.5 Å². The Bertz CT molecular complexity index is 415. The lowest BCUT2D eigenvalue weighted by atomic mass is 9.99. The van der Waals surface area contributed by atoms with E-state index in [4.69, 9.17) is 5.73 Å². The molecule has 118 valence electrons. The van der Waals surface area contributed by atoms with Crippen LogP contribution in [0.25, 0.3) is 0 Å². The van der Waals surface area contributed by atoms with Crippen molar-refractivity contribution in [3.63, 3.8) is 0 Å². The highest BCUT2D eigenvalue weighted by atomic mass is 32.2. The highest BCUT2D eigenvalue weighted by Gasteiger charge is 2.39. The molecule has 2 N–H and O–H groups in total. The van der Waals surface area contributed by atoms with Gasteiger partial charge in [-0.3, -0.25) is 4.90 Å². The summed E-state index contributed by atoms with van der Waals surface area (Å²) in [7, 11) is -1.69. The predicted octanol–water partition coefficient (Wildman–Crippen LogP) is 0.0704. The molecular formula is C13H28N4O2S. The van der Waals surface area contributed by atoms with E-state index in [0.29, 0.717) is 32.1 Å². The summed E-state index contributed by atoms with van der Waals surface area (Å²) in [5, 5.41) is 0. The third kappa shape index (κ3) is 3.33. The lowest BCUT2D eigenvalue weighted by Gasteiger charge is -2.47. The Balaban J connectivity index is 2.06. The van der Waals surface area contributed by atoms with E-state index in [1.807, 2.05) is 6.92 Å². The van der Waals surface area contributed by atoms with E-state index < -0.39 is 10.2 Å². The molecule has 2 heterocycles. The first-order valence-electron chi connectivity index (χ1n) is 7.64. The van der Waals surface area contributed by atoms with Crippen molar-refractivity contribution in [1.29, 1.82) is 0 Å². The van der Waals surface area contributed by atoms with Gasteiger partial charge in [-0.1, -0.05) is 6.42 Å². The summed E-state index contributed by atoms with van der Waals surface area (Å²) in [6.45, 7) is 5.64. The molecular weight excluding hydrogens is 276 g/mol. The van der Waals surface area contributed by atoms with E-state index in [2.05, 4.69) is 4.90 Å². The molecule has 0 aromatic heterocycles. The monoisotopic (exact) mass is 304 g/mol. The van der Waals surface area contributed by atoms with Gasteiger partial charge < -0.3 is 5.73 Å². The van der Waals surface area contributed by atoms with Crippen molar-refractivity contribution in [2.45, 2.75) is 44.7 Å². The van der Waals surface area contributed by atoms with E-state index >= 15 is 0 Å². The van der Waals surface area contributed by atoms with Crippen LogP contribution in [0.5, 0.6) is 0 Å². The van der Waals surface area contributed by atoms with Crippen LogP contribution >= 0.6 is 0 Å². The van der Waals surface area contributed by atoms with Crippen molar-refractivity contribution < 1.29 is 8.42 Å². The quantitative estimate of drug-likeness (QED) is 0.780. The number of piperazine rings is 1. The van der Waals surface area contributed by atoms with Crippen molar-refractivity contribution in [3.8, 4) is 0 Å². The van der Waals surface area contributed by atoms with Gasteiger partial charge in [-0.25, -0.2) is 0 Å². The first-order valence-corrected chi connectivity index (χ1v) is 9.03. The Kier molecular flexibility index (Phi) is 5.42. The van der Waals surface area contributed by atoms with Crippen molar-refractivity contribution in [3.05, 3.63) is 0 Å². The molecule has 2 unspecified atom stereocenters. The smallest absolute Gasteiger partial charge is 0.282 e. The standard InChI is InChI=1S/C13H28N4O2S/c1-12-10-16-9-4-3-6-13(16)11-17(12)20(18,19)15(2)8-5-7-14/h12-13H,3-11,14H2,1-2H3. The van der Waals surface area contributed by atoms with Crippen molar-refractivity contribution in [2.75, 3.05) is 39.8 Å². The fraction of sp³-hybridized carbons (Fsp3) is 1.00. The number of rotatable bonds is 5. The maximum absolute atomic E-state index is 12.7. The molecule has 2 fully saturated rings. The van der Waals surface area contributed by atoms with Crippen LogP contribution in [0, 0.1) is 0 Å². The molecule has 0 spiro atoms.